The zero-order valence-electron chi connectivity index (χ0n) is 17.1. The lowest BCUT2D eigenvalue weighted by Gasteiger charge is -2.04. The lowest BCUT2D eigenvalue weighted by Crippen LogP contribution is -2.16. The Morgan fingerprint density at radius 2 is 1.78 bits per heavy atom. The minimum atomic E-state index is -0.310. The van der Waals surface area contributed by atoms with Gasteiger partial charge in [0, 0.05) is 16.6 Å². The van der Waals surface area contributed by atoms with Crippen LogP contribution in [0.3, 0.4) is 0 Å². The number of H-pyrrole nitrogens is 1. The number of pyridine rings is 1. The van der Waals surface area contributed by atoms with Crippen LogP contribution in [0.5, 0.6) is 0 Å². The van der Waals surface area contributed by atoms with Gasteiger partial charge in [-0.25, -0.2) is 9.67 Å². The Labute approximate surface area is 183 Å². The number of para-hydroxylation sites is 2. The van der Waals surface area contributed by atoms with Crippen LogP contribution >= 0.6 is 0 Å². The van der Waals surface area contributed by atoms with Gasteiger partial charge in [0.1, 0.15) is 5.69 Å². The van der Waals surface area contributed by atoms with Gasteiger partial charge in [-0.2, -0.15) is 10.1 Å². The third-order valence-corrected chi connectivity index (χ3v) is 5.70. The number of hydrogen-bond donors (Lipinski definition) is 2. The number of rotatable bonds is 4. The molecule has 2 N–H and O–H groups in total. The van der Waals surface area contributed by atoms with Gasteiger partial charge in [-0.15, -0.1) is 5.10 Å². The molecular formula is C24H19N7O. The van der Waals surface area contributed by atoms with Gasteiger partial charge in [-0.3, -0.25) is 15.2 Å². The summed E-state index contributed by atoms with van der Waals surface area (Å²) in [6, 6.07) is 21.6. The Morgan fingerprint density at radius 3 is 2.69 bits per heavy atom. The highest BCUT2D eigenvalue weighted by Gasteiger charge is 2.27. The fourth-order valence-corrected chi connectivity index (χ4v) is 4.19. The normalized spacial score (nSPS) is 12.8. The molecule has 0 bridgehead atoms. The Bertz CT molecular complexity index is 1450. The highest BCUT2D eigenvalue weighted by atomic mass is 16.2. The summed E-state index contributed by atoms with van der Waals surface area (Å²) in [7, 11) is 0. The van der Waals surface area contributed by atoms with E-state index < -0.39 is 0 Å². The van der Waals surface area contributed by atoms with Crippen LogP contribution in [0.2, 0.25) is 0 Å². The van der Waals surface area contributed by atoms with Gasteiger partial charge < -0.3 is 0 Å². The van der Waals surface area contributed by atoms with Gasteiger partial charge in [0.05, 0.1) is 11.2 Å². The van der Waals surface area contributed by atoms with E-state index in [1.54, 1.807) is 0 Å². The Balaban J connectivity index is 1.28. The van der Waals surface area contributed by atoms with E-state index in [2.05, 4.69) is 30.6 Å². The number of hydrogen-bond acceptors (Lipinski definition) is 5. The molecule has 6 rings (SSSR count). The number of nitrogens with zero attached hydrogens (tertiary/aromatic N) is 5. The summed E-state index contributed by atoms with van der Waals surface area (Å²) in [4.78, 5) is 22.1. The monoisotopic (exact) mass is 421 g/mol. The number of benzene rings is 2. The molecule has 3 heterocycles. The van der Waals surface area contributed by atoms with E-state index in [0.29, 0.717) is 17.2 Å². The zero-order chi connectivity index (χ0) is 21.5. The van der Waals surface area contributed by atoms with Crippen LogP contribution in [0.1, 0.15) is 28.2 Å². The molecule has 8 nitrogen and oxygen atoms in total. The number of anilines is 1. The molecule has 0 atom stereocenters. The lowest BCUT2D eigenvalue weighted by molar-refractivity contribution is 0.102. The molecule has 5 aromatic rings. The van der Waals surface area contributed by atoms with Gasteiger partial charge in [0.25, 0.3) is 5.91 Å². The van der Waals surface area contributed by atoms with Crippen molar-refractivity contribution in [1.29, 1.82) is 0 Å². The van der Waals surface area contributed by atoms with Crippen molar-refractivity contribution in [3.05, 3.63) is 83.7 Å². The third-order valence-electron chi connectivity index (χ3n) is 5.70. The molecule has 1 aliphatic carbocycles. The van der Waals surface area contributed by atoms with Gasteiger partial charge >= 0.3 is 0 Å². The highest BCUT2D eigenvalue weighted by Crippen LogP contribution is 2.28. The highest BCUT2D eigenvalue weighted by molar-refractivity contribution is 6.03. The third kappa shape index (κ3) is 3.13. The van der Waals surface area contributed by atoms with Crippen LogP contribution in [0.4, 0.5) is 5.95 Å². The minimum absolute atomic E-state index is 0.195. The quantitative estimate of drug-likeness (QED) is 0.458. The molecule has 0 fully saturated rings. The van der Waals surface area contributed by atoms with Crippen molar-refractivity contribution < 1.29 is 4.79 Å². The Hall–Kier alpha value is -4.33. The second-order valence-electron chi connectivity index (χ2n) is 7.73. The average molecular weight is 421 g/mol. The maximum absolute atomic E-state index is 13.0. The standard InChI is InChI=1S/C24H19N7O/c32-23(21-17-10-6-12-20(17)31(30-21)16-8-2-1-3-9-16)27-24-26-22(28-29-24)19-14-13-15-7-4-5-11-18(15)25-19/h1-5,7-9,11,13-14H,6,10,12H2,(H2,26,27,28,29,32). The first-order valence-corrected chi connectivity index (χ1v) is 10.5. The molecule has 0 saturated carbocycles. The summed E-state index contributed by atoms with van der Waals surface area (Å²) < 4.78 is 1.87. The van der Waals surface area contributed by atoms with Crippen LogP contribution in [0.15, 0.2) is 66.7 Å². The van der Waals surface area contributed by atoms with Crippen LogP contribution in [-0.4, -0.2) is 35.9 Å². The molecule has 3 aromatic heterocycles. The van der Waals surface area contributed by atoms with Crippen molar-refractivity contribution >= 4 is 22.8 Å². The average Bonchev–Trinajstić information content (AvgIpc) is 3.56. The van der Waals surface area contributed by atoms with Crippen molar-refractivity contribution in [3.8, 4) is 17.2 Å². The van der Waals surface area contributed by atoms with Gasteiger partial charge in [-0.05, 0) is 43.5 Å². The largest absolute Gasteiger partial charge is 0.288 e. The second kappa shape index (κ2) is 7.42. The number of aromatic amines is 1. The summed E-state index contributed by atoms with van der Waals surface area (Å²) in [5.41, 5.74) is 5.00. The zero-order valence-corrected chi connectivity index (χ0v) is 17.1. The van der Waals surface area contributed by atoms with Crippen molar-refractivity contribution in [2.45, 2.75) is 19.3 Å². The van der Waals surface area contributed by atoms with E-state index in [-0.39, 0.29) is 11.9 Å². The number of amides is 1. The SMILES string of the molecule is O=C(Nc1n[nH]c(-c2ccc3ccccc3n2)n1)c1nn(-c2ccccc2)c2c1CCC2. The molecular weight excluding hydrogens is 402 g/mol. The molecule has 156 valence electrons. The number of fused-ring (bicyclic) bond motifs is 2. The number of carbonyl (C=O) groups is 1. The Kier molecular flexibility index (Phi) is 4.28. The molecule has 32 heavy (non-hydrogen) atoms. The van der Waals surface area contributed by atoms with E-state index in [1.165, 1.54) is 0 Å². The first-order valence-electron chi connectivity index (χ1n) is 10.5. The first-order chi connectivity index (χ1) is 15.8. The van der Waals surface area contributed by atoms with E-state index in [4.69, 9.17) is 0 Å². The summed E-state index contributed by atoms with van der Waals surface area (Å²) in [6.45, 7) is 0. The molecule has 8 heteroatoms. The van der Waals surface area contributed by atoms with Crippen molar-refractivity contribution in [2.75, 3.05) is 5.32 Å². The van der Waals surface area contributed by atoms with Gasteiger partial charge in [-0.1, -0.05) is 42.5 Å². The molecule has 1 aliphatic rings. The van der Waals surface area contributed by atoms with Crippen LogP contribution in [0, 0.1) is 0 Å². The van der Waals surface area contributed by atoms with Crippen LogP contribution < -0.4 is 5.32 Å². The lowest BCUT2D eigenvalue weighted by atomic mass is 10.2. The second-order valence-corrected chi connectivity index (χ2v) is 7.73. The van der Waals surface area contributed by atoms with Crippen molar-refractivity contribution in [3.63, 3.8) is 0 Å². The summed E-state index contributed by atoms with van der Waals surface area (Å²) in [5, 5.41) is 15.5. The molecule has 0 saturated heterocycles. The minimum Gasteiger partial charge on any atom is -0.288 e. The van der Waals surface area contributed by atoms with E-state index >= 15 is 0 Å². The number of carbonyl (C=O) groups excluding carboxylic acids is 1. The molecule has 0 unspecified atom stereocenters. The maximum Gasteiger partial charge on any atom is 0.278 e. The molecule has 0 radical (unpaired) electrons. The molecule has 0 aliphatic heterocycles. The summed E-state index contributed by atoms with van der Waals surface area (Å²) in [6.07, 6.45) is 2.76. The fraction of sp³-hybridized carbons (Fsp3) is 0.125. The topological polar surface area (TPSA) is 101 Å². The van der Waals surface area contributed by atoms with E-state index in [9.17, 15) is 4.79 Å². The molecule has 0 spiro atoms. The van der Waals surface area contributed by atoms with Crippen molar-refractivity contribution in [1.82, 2.24) is 29.9 Å². The molecule has 2 aromatic carbocycles. The fourth-order valence-electron chi connectivity index (χ4n) is 4.19. The smallest absolute Gasteiger partial charge is 0.278 e. The van der Waals surface area contributed by atoms with E-state index in [0.717, 1.165) is 47.1 Å². The predicted octanol–water partition coefficient (Wildman–Crippen LogP) is 3.95. The summed E-state index contributed by atoms with van der Waals surface area (Å²) >= 11 is 0. The van der Waals surface area contributed by atoms with Crippen LogP contribution in [0.25, 0.3) is 28.1 Å². The van der Waals surface area contributed by atoms with Crippen LogP contribution in [-0.2, 0) is 12.8 Å². The Morgan fingerprint density at radius 1 is 0.938 bits per heavy atom. The maximum atomic E-state index is 13.0. The van der Waals surface area contributed by atoms with Gasteiger partial charge in [0.2, 0.25) is 5.95 Å². The number of nitrogens with one attached hydrogen (secondary N) is 2. The first kappa shape index (κ1) is 18.4. The summed E-state index contributed by atoms with van der Waals surface area (Å²) in [5.74, 6) is 0.377. The number of aromatic nitrogens is 6. The molecule has 1 amide bonds. The van der Waals surface area contributed by atoms with E-state index in [1.807, 2.05) is 71.4 Å². The van der Waals surface area contributed by atoms with Gasteiger partial charge in [0.15, 0.2) is 11.5 Å². The predicted molar refractivity (Wildman–Crippen MR) is 121 cm³/mol. The van der Waals surface area contributed by atoms with Crippen molar-refractivity contribution in [2.24, 2.45) is 0 Å².